The number of alkyl halides is 1. The van der Waals surface area contributed by atoms with Crippen LogP contribution in [0.1, 0.15) is 12.0 Å². The minimum absolute atomic E-state index is 0.166. The Morgan fingerprint density at radius 1 is 1.50 bits per heavy atom. The fourth-order valence-corrected chi connectivity index (χ4v) is 2.90. The molecule has 0 aliphatic carbocycles. The van der Waals surface area contributed by atoms with Gasteiger partial charge in [0.1, 0.15) is 5.75 Å². The van der Waals surface area contributed by atoms with Crippen LogP contribution in [0.2, 0.25) is 0 Å². The lowest BCUT2D eigenvalue weighted by Crippen LogP contribution is -2.25. The van der Waals surface area contributed by atoms with E-state index in [9.17, 15) is 4.79 Å². The largest absolute Gasteiger partial charge is 0.495 e. The summed E-state index contributed by atoms with van der Waals surface area (Å²) in [5.41, 5.74) is 1.97. The molecular weight excluding hydrogens is 362 g/mol. The molecule has 1 aromatic carbocycles. The van der Waals surface area contributed by atoms with Crippen molar-refractivity contribution in [2.24, 2.45) is 5.92 Å². The third kappa shape index (κ3) is 2.57. The van der Waals surface area contributed by atoms with Crippen molar-refractivity contribution in [1.29, 1.82) is 0 Å². The highest BCUT2D eigenvalue weighted by atomic mass is 79.9. The first kappa shape index (κ1) is 13.9. The van der Waals surface area contributed by atoms with Crippen LogP contribution in [0.15, 0.2) is 16.6 Å². The lowest BCUT2D eigenvalue weighted by Gasteiger charge is -2.20. The van der Waals surface area contributed by atoms with Gasteiger partial charge in [0.2, 0.25) is 5.91 Å². The maximum atomic E-state index is 12.0. The molecule has 5 heteroatoms. The van der Waals surface area contributed by atoms with Crippen molar-refractivity contribution in [3.63, 3.8) is 0 Å². The smallest absolute Gasteiger partial charge is 0.227 e. The summed E-state index contributed by atoms with van der Waals surface area (Å²) in [4.78, 5) is 13.9. The van der Waals surface area contributed by atoms with Gasteiger partial charge in [-0.25, -0.2) is 0 Å². The minimum atomic E-state index is 0.166. The molecule has 1 heterocycles. The third-order valence-corrected chi connectivity index (χ3v) is 4.94. The van der Waals surface area contributed by atoms with Crippen LogP contribution in [0.4, 0.5) is 5.69 Å². The molecule has 0 N–H and O–H groups in total. The van der Waals surface area contributed by atoms with Gasteiger partial charge in [0, 0.05) is 22.8 Å². The number of hydrogen-bond acceptors (Lipinski definition) is 2. The zero-order valence-electron chi connectivity index (χ0n) is 10.4. The summed E-state index contributed by atoms with van der Waals surface area (Å²) < 4.78 is 6.37. The number of rotatable bonds is 3. The third-order valence-electron chi connectivity index (χ3n) is 3.17. The standard InChI is InChI=1S/C13H15Br2NO2/c1-8-3-11(12(18-2)5-10(8)15)16-7-9(6-14)4-13(16)17/h3,5,9H,4,6-7H2,1-2H3. The molecule has 1 fully saturated rings. The van der Waals surface area contributed by atoms with E-state index in [2.05, 4.69) is 31.9 Å². The number of carbonyl (C=O) groups excluding carboxylic acids is 1. The van der Waals surface area contributed by atoms with Gasteiger partial charge in [-0.3, -0.25) is 4.79 Å². The predicted molar refractivity (Wildman–Crippen MR) is 79.7 cm³/mol. The van der Waals surface area contributed by atoms with Crippen LogP contribution in [0.3, 0.4) is 0 Å². The number of carbonyl (C=O) groups is 1. The number of anilines is 1. The Kier molecular flexibility index (Phi) is 4.33. The first-order chi connectivity index (χ1) is 8.56. The van der Waals surface area contributed by atoms with Gasteiger partial charge >= 0.3 is 0 Å². The summed E-state index contributed by atoms with van der Waals surface area (Å²) in [7, 11) is 1.63. The highest BCUT2D eigenvalue weighted by Gasteiger charge is 2.31. The van der Waals surface area contributed by atoms with Crippen molar-refractivity contribution >= 4 is 43.5 Å². The lowest BCUT2D eigenvalue weighted by molar-refractivity contribution is -0.117. The van der Waals surface area contributed by atoms with E-state index in [1.54, 1.807) is 7.11 Å². The molecule has 18 heavy (non-hydrogen) atoms. The molecule has 1 aromatic rings. The molecule has 0 bridgehead atoms. The topological polar surface area (TPSA) is 29.5 Å². The SMILES string of the molecule is COc1cc(Br)c(C)cc1N1CC(CBr)CC1=O. The number of aryl methyl sites for hydroxylation is 1. The van der Waals surface area contributed by atoms with Gasteiger partial charge < -0.3 is 9.64 Å². The first-order valence-corrected chi connectivity index (χ1v) is 7.68. The second-order valence-electron chi connectivity index (χ2n) is 4.50. The maximum absolute atomic E-state index is 12.0. The van der Waals surface area contributed by atoms with Crippen molar-refractivity contribution in [2.45, 2.75) is 13.3 Å². The molecule has 2 rings (SSSR count). The van der Waals surface area contributed by atoms with Gasteiger partial charge in [0.25, 0.3) is 0 Å². The van der Waals surface area contributed by atoms with E-state index >= 15 is 0 Å². The summed E-state index contributed by atoms with van der Waals surface area (Å²) in [5, 5.41) is 0.854. The number of ether oxygens (including phenoxy) is 1. The van der Waals surface area contributed by atoms with E-state index in [4.69, 9.17) is 4.74 Å². The molecule has 1 aliphatic heterocycles. The summed E-state index contributed by atoms with van der Waals surface area (Å²) in [6.45, 7) is 2.76. The Bertz CT molecular complexity index is 476. The molecule has 3 nitrogen and oxygen atoms in total. The predicted octanol–water partition coefficient (Wildman–Crippen LogP) is 3.51. The van der Waals surface area contributed by atoms with E-state index in [1.165, 1.54) is 0 Å². The van der Waals surface area contributed by atoms with Gasteiger partial charge in [-0.05, 0) is 30.5 Å². The lowest BCUT2D eigenvalue weighted by atomic mass is 10.1. The number of hydrogen-bond donors (Lipinski definition) is 0. The van der Waals surface area contributed by atoms with Crippen LogP contribution < -0.4 is 9.64 Å². The molecule has 98 valence electrons. The summed E-state index contributed by atoms with van der Waals surface area (Å²) >= 11 is 6.93. The molecule has 1 unspecified atom stereocenters. The molecule has 1 atom stereocenters. The van der Waals surface area contributed by atoms with Crippen molar-refractivity contribution < 1.29 is 9.53 Å². The van der Waals surface area contributed by atoms with Crippen molar-refractivity contribution in [1.82, 2.24) is 0 Å². The molecule has 0 saturated carbocycles. The number of benzene rings is 1. The Labute approximate surface area is 124 Å². The minimum Gasteiger partial charge on any atom is -0.495 e. The fraction of sp³-hybridized carbons (Fsp3) is 0.462. The Morgan fingerprint density at radius 2 is 2.22 bits per heavy atom. The fourth-order valence-electron chi connectivity index (χ4n) is 2.14. The maximum Gasteiger partial charge on any atom is 0.227 e. The van der Waals surface area contributed by atoms with Crippen LogP contribution >= 0.6 is 31.9 Å². The van der Waals surface area contributed by atoms with E-state index in [1.807, 2.05) is 24.0 Å². The average Bonchev–Trinajstić information content (AvgIpc) is 2.73. The number of methoxy groups -OCH3 is 1. The monoisotopic (exact) mass is 375 g/mol. The molecule has 1 aliphatic rings. The zero-order valence-corrected chi connectivity index (χ0v) is 13.5. The quantitative estimate of drug-likeness (QED) is 0.755. The highest BCUT2D eigenvalue weighted by molar-refractivity contribution is 9.10. The highest BCUT2D eigenvalue weighted by Crippen LogP contribution is 2.37. The number of halogens is 2. The average molecular weight is 377 g/mol. The second kappa shape index (κ2) is 5.61. The van der Waals surface area contributed by atoms with Crippen molar-refractivity contribution in [2.75, 3.05) is 23.9 Å². The van der Waals surface area contributed by atoms with Crippen LogP contribution in [0, 0.1) is 12.8 Å². The van der Waals surface area contributed by atoms with Crippen LogP contribution in [-0.2, 0) is 4.79 Å². The van der Waals surface area contributed by atoms with E-state index in [-0.39, 0.29) is 5.91 Å². The van der Waals surface area contributed by atoms with Gasteiger partial charge in [-0.1, -0.05) is 31.9 Å². The Hall–Kier alpha value is -0.550. The van der Waals surface area contributed by atoms with Gasteiger partial charge in [-0.15, -0.1) is 0 Å². The summed E-state index contributed by atoms with van der Waals surface area (Å²) in [6, 6.07) is 3.91. The summed E-state index contributed by atoms with van der Waals surface area (Å²) in [5.74, 6) is 1.28. The number of amides is 1. The van der Waals surface area contributed by atoms with Crippen molar-refractivity contribution in [3.05, 3.63) is 22.2 Å². The van der Waals surface area contributed by atoms with Crippen LogP contribution in [0.25, 0.3) is 0 Å². The molecular formula is C13H15Br2NO2. The zero-order chi connectivity index (χ0) is 13.3. The van der Waals surface area contributed by atoms with Gasteiger partial charge in [0.15, 0.2) is 0 Å². The van der Waals surface area contributed by atoms with E-state index < -0.39 is 0 Å². The van der Waals surface area contributed by atoms with Crippen molar-refractivity contribution in [3.8, 4) is 5.75 Å². The van der Waals surface area contributed by atoms with Crippen LogP contribution in [0.5, 0.6) is 5.75 Å². The van der Waals surface area contributed by atoms with Gasteiger partial charge in [-0.2, -0.15) is 0 Å². The van der Waals surface area contributed by atoms with E-state index in [0.29, 0.717) is 12.3 Å². The Morgan fingerprint density at radius 3 is 2.78 bits per heavy atom. The molecule has 0 aromatic heterocycles. The normalized spacial score (nSPS) is 19.4. The molecule has 1 amide bonds. The second-order valence-corrected chi connectivity index (χ2v) is 6.00. The molecule has 0 spiro atoms. The molecule has 0 radical (unpaired) electrons. The first-order valence-electron chi connectivity index (χ1n) is 5.77. The number of nitrogens with zero attached hydrogens (tertiary/aromatic N) is 1. The Balaban J connectivity index is 2.38. The molecule has 1 saturated heterocycles. The van der Waals surface area contributed by atoms with E-state index in [0.717, 1.165) is 33.3 Å². The van der Waals surface area contributed by atoms with Crippen LogP contribution in [-0.4, -0.2) is 24.9 Å². The van der Waals surface area contributed by atoms with Gasteiger partial charge in [0.05, 0.1) is 12.8 Å². The summed E-state index contributed by atoms with van der Waals surface area (Å²) in [6.07, 6.45) is 0.601.